The van der Waals surface area contributed by atoms with Gasteiger partial charge in [-0.05, 0) is 48.0 Å². The molecule has 4 aromatic carbocycles. The topological polar surface area (TPSA) is 82.1 Å². The molecule has 0 fully saturated rings. The third-order valence-corrected chi connectivity index (χ3v) is 4.59. The highest BCUT2D eigenvalue weighted by Crippen LogP contribution is 2.26. The molecule has 36 heavy (non-hydrogen) atoms. The second-order valence-electron chi connectivity index (χ2n) is 6.72. The van der Waals surface area contributed by atoms with E-state index in [1.165, 1.54) is 14.2 Å². The van der Waals surface area contributed by atoms with Crippen LogP contribution in [-0.4, -0.2) is 30.5 Å². The first-order valence-corrected chi connectivity index (χ1v) is 10.8. The third-order valence-electron chi connectivity index (χ3n) is 4.37. The molecular weight excluding hydrogens is 480 g/mol. The van der Waals surface area contributed by atoms with Gasteiger partial charge >= 0.3 is 5.97 Å². The van der Waals surface area contributed by atoms with Crippen LogP contribution < -0.4 is 14.2 Å². The van der Waals surface area contributed by atoms with E-state index in [9.17, 15) is 9.59 Å². The molecule has 0 amide bonds. The highest BCUT2D eigenvalue weighted by atomic mass is 35.5. The van der Waals surface area contributed by atoms with E-state index < -0.39 is 11.2 Å². The number of hydrogen-bond acceptors (Lipinski definition) is 6. The minimum absolute atomic E-state index is 0. The normalized spacial score (nSPS) is 9.08. The largest absolute Gasteiger partial charge is 0.504 e. The van der Waals surface area contributed by atoms with Crippen LogP contribution in [0.5, 0.6) is 23.0 Å². The number of phenols is 1. The van der Waals surface area contributed by atoms with E-state index in [4.69, 9.17) is 30.9 Å². The van der Waals surface area contributed by atoms with Crippen LogP contribution in [-0.2, 0) is 0 Å². The summed E-state index contributed by atoms with van der Waals surface area (Å²) < 4.78 is 15.2. The van der Waals surface area contributed by atoms with E-state index in [2.05, 4.69) is 0 Å². The van der Waals surface area contributed by atoms with Crippen LogP contribution in [0.4, 0.5) is 0 Å². The van der Waals surface area contributed by atoms with Crippen molar-refractivity contribution in [3.8, 4) is 23.0 Å². The fourth-order valence-electron chi connectivity index (χ4n) is 2.64. The Morgan fingerprint density at radius 2 is 1.03 bits per heavy atom. The lowest BCUT2D eigenvalue weighted by molar-refractivity contribution is 0.0729. The molecule has 0 aliphatic carbocycles. The number of rotatable bonds is 5. The molecule has 0 bridgehead atoms. The molecule has 0 saturated heterocycles. The maximum atomic E-state index is 11.8. The number of hydrogen-bond donors (Lipinski definition) is 1. The zero-order valence-corrected chi connectivity index (χ0v) is 20.0. The molecule has 4 rings (SSSR count). The van der Waals surface area contributed by atoms with E-state index in [0.29, 0.717) is 28.4 Å². The second kappa shape index (κ2) is 16.4. The van der Waals surface area contributed by atoms with Crippen molar-refractivity contribution in [2.24, 2.45) is 0 Å². The van der Waals surface area contributed by atoms with Gasteiger partial charge < -0.3 is 19.3 Å². The molecule has 6 nitrogen and oxygen atoms in total. The summed E-state index contributed by atoms with van der Waals surface area (Å²) in [5, 5.41) is 8.58. The molecule has 7 heteroatoms. The molecule has 188 valence electrons. The summed E-state index contributed by atoms with van der Waals surface area (Å²) in [6.07, 6.45) is 0. The second-order valence-corrected chi connectivity index (χ2v) is 7.06. The number of aromatic hydroxyl groups is 1. The van der Waals surface area contributed by atoms with Crippen molar-refractivity contribution in [2.45, 2.75) is 7.43 Å². The van der Waals surface area contributed by atoms with Crippen molar-refractivity contribution in [3.63, 3.8) is 0 Å². The monoisotopic (exact) mass is 508 g/mol. The zero-order chi connectivity index (χ0) is 25.5. The molecule has 0 radical (unpaired) electrons. The Bertz CT molecular complexity index is 1200. The molecule has 0 spiro atoms. The number of methoxy groups -OCH3 is 2. The lowest BCUT2D eigenvalue weighted by atomic mass is 10.2. The number of esters is 1. The summed E-state index contributed by atoms with van der Waals surface area (Å²) in [5.41, 5.74) is 1.05. The predicted molar refractivity (Wildman–Crippen MR) is 142 cm³/mol. The van der Waals surface area contributed by atoms with E-state index in [1.54, 1.807) is 91.0 Å². The fourth-order valence-corrected chi connectivity index (χ4v) is 2.76. The predicted octanol–water partition coefficient (Wildman–Crippen LogP) is 7.02. The minimum atomic E-state index is -0.407. The van der Waals surface area contributed by atoms with Crippen LogP contribution in [0.25, 0.3) is 0 Å². The average Bonchev–Trinajstić information content (AvgIpc) is 2.91. The Morgan fingerprint density at radius 3 is 1.44 bits per heavy atom. The number of halogens is 1. The first-order chi connectivity index (χ1) is 17.0. The number of ether oxygens (including phenoxy) is 3. The molecule has 0 atom stereocenters. The summed E-state index contributed by atoms with van der Waals surface area (Å²) in [5.74, 6) is 1.26. The molecule has 0 aliphatic rings. The van der Waals surface area contributed by atoms with Crippen molar-refractivity contribution in [1.82, 2.24) is 0 Å². The van der Waals surface area contributed by atoms with Gasteiger partial charge in [0.1, 0.15) is 0 Å². The molecule has 0 saturated carbocycles. The quantitative estimate of drug-likeness (QED) is 0.177. The Kier molecular flexibility index (Phi) is 13.5. The summed E-state index contributed by atoms with van der Waals surface area (Å²) >= 11 is 5.16. The van der Waals surface area contributed by atoms with Crippen molar-refractivity contribution in [1.29, 1.82) is 0 Å². The maximum absolute atomic E-state index is 11.8. The van der Waals surface area contributed by atoms with Gasteiger partial charge in [-0.3, -0.25) is 4.79 Å². The summed E-state index contributed by atoms with van der Waals surface area (Å²) in [4.78, 5) is 22.2. The van der Waals surface area contributed by atoms with Crippen molar-refractivity contribution in [2.75, 3.05) is 14.2 Å². The van der Waals surface area contributed by atoms with Gasteiger partial charge in [0.05, 0.1) is 19.8 Å². The molecule has 0 aromatic heterocycles. The van der Waals surface area contributed by atoms with E-state index >= 15 is 0 Å². The maximum Gasteiger partial charge on any atom is 0.343 e. The van der Waals surface area contributed by atoms with Gasteiger partial charge in [0.25, 0.3) is 5.24 Å². The third kappa shape index (κ3) is 9.91. The van der Waals surface area contributed by atoms with Gasteiger partial charge in [0.15, 0.2) is 23.0 Å². The fraction of sp³-hybridized carbons (Fsp3) is 0.103. The minimum Gasteiger partial charge on any atom is -0.504 e. The Morgan fingerprint density at radius 1 is 0.611 bits per heavy atom. The van der Waals surface area contributed by atoms with Crippen LogP contribution in [0.15, 0.2) is 109 Å². The average molecular weight is 509 g/mol. The van der Waals surface area contributed by atoms with Crippen LogP contribution in [0.3, 0.4) is 0 Å². The van der Waals surface area contributed by atoms with E-state index in [1.807, 2.05) is 18.2 Å². The lowest BCUT2D eigenvalue weighted by Crippen LogP contribution is -2.08. The van der Waals surface area contributed by atoms with Gasteiger partial charge in [0, 0.05) is 5.56 Å². The SMILES string of the molecule is C.COc1ccccc1O.COc1ccccc1OC(=O)c1ccccc1.O=C(Cl)c1ccccc1. The highest BCUT2D eigenvalue weighted by molar-refractivity contribution is 6.67. The summed E-state index contributed by atoms with van der Waals surface area (Å²) in [6, 6.07) is 31.5. The van der Waals surface area contributed by atoms with E-state index in [0.717, 1.165) is 0 Å². The van der Waals surface area contributed by atoms with Gasteiger partial charge in [-0.15, -0.1) is 0 Å². The van der Waals surface area contributed by atoms with Gasteiger partial charge in [-0.2, -0.15) is 0 Å². The van der Waals surface area contributed by atoms with Crippen molar-refractivity contribution < 1.29 is 28.9 Å². The number of para-hydroxylation sites is 4. The molecule has 1 N–H and O–H groups in total. The van der Waals surface area contributed by atoms with Crippen LogP contribution in [0.1, 0.15) is 28.1 Å². The summed E-state index contributed by atoms with van der Waals surface area (Å²) in [6.45, 7) is 0. The first-order valence-electron chi connectivity index (χ1n) is 10.4. The van der Waals surface area contributed by atoms with Gasteiger partial charge in [0.2, 0.25) is 0 Å². The zero-order valence-electron chi connectivity index (χ0n) is 19.3. The first kappa shape index (κ1) is 29.7. The van der Waals surface area contributed by atoms with Crippen molar-refractivity contribution >= 4 is 22.8 Å². The molecule has 0 aliphatic heterocycles. The number of carbonyl (C=O) groups is 2. The van der Waals surface area contributed by atoms with Gasteiger partial charge in [-0.25, -0.2) is 4.79 Å². The lowest BCUT2D eigenvalue weighted by Gasteiger charge is -2.08. The number of carbonyl (C=O) groups excluding carboxylic acids is 2. The van der Waals surface area contributed by atoms with E-state index in [-0.39, 0.29) is 13.2 Å². The Labute approximate surface area is 216 Å². The smallest absolute Gasteiger partial charge is 0.343 e. The molecule has 0 unspecified atom stereocenters. The molecule has 4 aromatic rings. The highest BCUT2D eigenvalue weighted by Gasteiger charge is 2.10. The van der Waals surface area contributed by atoms with Crippen molar-refractivity contribution in [3.05, 3.63) is 120 Å². The molecule has 0 heterocycles. The number of benzene rings is 4. The molecular formula is C29H29ClO6. The number of phenolic OH excluding ortho intramolecular Hbond substituents is 1. The Balaban J connectivity index is 0.000000291. The summed E-state index contributed by atoms with van der Waals surface area (Å²) in [7, 11) is 3.06. The van der Waals surface area contributed by atoms with Crippen LogP contribution >= 0.6 is 11.6 Å². The van der Waals surface area contributed by atoms with Crippen LogP contribution in [0, 0.1) is 0 Å². The standard InChI is InChI=1S/C14H12O3.C7H5ClO.C7H8O2.CH4/c1-16-12-9-5-6-10-13(12)17-14(15)11-7-3-2-4-8-11;8-7(9)6-4-2-1-3-5-6;1-9-7-5-3-2-4-6(7)8;/h2-10H,1H3;1-5H;2-5,8H,1H3;1H4. The van der Waals surface area contributed by atoms with Crippen LogP contribution in [0.2, 0.25) is 0 Å². The Hall–Kier alpha value is -4.29. The van der Waals surface area contributed by atoms with Gasteiger partial charge in [-0.1, -0.05) is 80.2 Å².